The highest BCUT2D eigenvalue weighted by atomic mass is 19.1. The number of amides is 1. The second-order valence-corrected chi connectivity index (χ2v) is 4.29. The van der Waals surface area contributed by atoms with Crippen molar-refractivity contribution >= 4 is 11.6 Å². The molecule has 1 atom stereocenters. The smallest absolute Gasteiger partial charge is 0.236 e. The summed E-state index contributed by atoms with van der Waals surface area (Å²) in [6.07, 6.45) is 3.54. The fourth-order valence-corrected chi connectivity index (χ4v) is 1.88. The second kappa shape index (κ2) is 5.77. The van der Waals surface area contributed by atoms with Crippen LogP contribution in [0.2, 0.25) is 0 Å². The van der Waals surface area contributed by atoms with E-state index in [9.17, 15) is 9.18 Å². The Labute approximate surface area is 105 Å². The summed E-state index contributed by atoms with van der Waals surface area (Å²) in [5.41, 5.74) is 0.0411. The quantitative estimate of drug-likeness (QED) is 0.794. The van der Waals surface area contributed by atoms with Crippen molar-refractivity contribution in [1.82, 2.24) is 10.3 Å². The average Bonchev–Trinajstić information content (AvgIpc) is 2.82. The van der Waals surface area contributed by atoms with E-state index in [0.717, 1.165) is 19.4 Å². The van der Waals surface area contributed by atoms with Crippen LogP contribution >= 0.6 is 0 Å². The predicted molar refractivity (Wildman–Crippen MR) is 65.0 cm³/mol. The van der Waals surface area contributed by atoms with Crippen molar-refractivity contribution in [3.05, 3.63) is 18.2 Å². The number of hydrogen-bond acceptors (Lipinski definition) is 4. The summed E-state index contributed by atoms with van der Waals surface area (Å²) < 4.78 is 18.8. The summed E-state index contributed by atoms with van der Waals surface area (Å²) in [5, 5.41) is 5.67. The van der Waals surface area contributed by atoms with Gasteiger partial charge in [-0.1, -0.05) is 0 Å². The van der Waals surface area contributed by atoms with Gasteiger partial charge in [0.15, 0.2) is 0 Å². The average molecular weight is 253 g/mol. The molecule has 0 saturated carbocycles. The van der Waals surface area contributed by atoms with E-state index in [2.05, 4.69) is 15.6 Å². The maximum atomic E-state index is 13.3. The zero-order valence-electron chi connectivity index (χ0n) is 10.2. The molecule has 98 valence electrons. The van der Waals surface area contributed by atoms with Gasteiger partial charge in [0.1, 0.15) is 18.0 Å². The van der Waals surface area contributed by atoms with Crippen molar-refractivity contribution in [3.63, 3.8) is 0 Å². The maximum absolute atomic E-state index is 13.3. The van der Waals surface area contributed by atoms with Gasteiger partial charge in [0.2, 0.25) is 11.9 Å². The second-order valence-electron chi connectivity index (χ2n) is 4.29. The molecule has 0 aromatic carbocycles. The molecule has 0 unspecified atom stereocenters. The fourth-order valence-electron chi connectivity index (χ4n) is 1.88. The lowest BCUT2D eigenvalue weighted by Gasteiger charge is -2.12. The van der Waals surface area contributed by atoms with Crippen molar-refractivity contribution in [3.8, 4) is 5.75 Å². The predicted octanol–water partition coefficient (Wildman–Crippen LogP) is 1.31. The topological polar surface area (TPSA) is 63.2 Å². The van der Waals surface area contributed by atoms with Gasteiger partial charge < -0.3 is 15.4 Å². The molecular formula is C12H16FN3O2. The van der Waals surface area contributed by atoms with Gasteiger partial charge in [-0.25, -0.2) is 4.98 Å². The molecular weight excluding hydrogens is 237 g/mol. The van der Waals surface area contributed by atoms with E-state index in [0.29, 0.717) is 18.4 Å². The zero-order valence-corrected chi connectivity index (χ0v) is 10.2. The molecule has 0 aliphatic carbocycles. The molecule has 5 nitrogen and oxygen atoms in total. The van der Waals surface area contributed by atoms with Crippen LogP contribution in [0.1, 0.15) is 19.8 Å². The van der Waals surface area contributed by atoms with Crippen molar-refractivity contribution < 1.29 is 13.9 Å². The van der Waals surface area contributed by atoms with Crippen LogP contribution in [-0.2, 0) is 4.79 Å². The first-order valence-electron chi connectivity index (χ1n) is 5.94. The molecule has 2 rings (SSSR count). The molecule has 1 fully saturated rings. The molecule has 2 heterocycles. The lowest BCUT2D eigenvalue weighted by Crippen LogP contribution is -2.28. The van der Waals surface area contributed by atoms with Crippen molar-refractivity contribution in [2.24, 2.45) is 0 Å². The van der Waals surface area contributed by atoms with E-state index in [1.807, 2.05) is 0 Å². The highest BCUT2D eigenvalue weighted by Gasteiger charge is 2.15. The number of anilines is 1. The van der Waals surface area contributed by atoms with Crippen LogP contribution in [0.3, 0.4) is 0 Å². The van der Waals surface area contributed by atoms with E-state index in [4.69, 9.17) is 4.74 Å². The Bertz CT molecular complexity index is 433. The Hall–Kier alpha value is -1.69. The summed E-state index contributed by atoms with van der Waals surface area (Å²) in [4.78, 5) is 14.4. The Morgan fingerprint density at radius 3 is 3.22 bits per heavy atom. The molecule has 1 aromatic heterocycles. The Balaban J connectivity index is 1.97. The monoisotopic (exact) mass is 253 g/mol. The molecule has 1 saturated heterocycles. The number of halogens is 1. The van der Waals surface area contributed by atoms with E-state index in [1.165, 1.54) is 19.2 Å². The molecule has 2 N–H and O–H groups in total. The Morgan fingerprint density at radius 1 is 1.72 bits per heavy atom. The number of carbonyl (C=O) groups is 1. The lowest BCUT2D eigenvalue weighted by molar-refractivity contribution is -0.114. The van der Waals surface area contributed by atoms with E-state index in [1.54, 1.807) is 0 Å². The molecule has 0 bridgehead atoms. The molecule has 1 amide bonds. The van der Waals surface area contributed by atoms with Crippen LogP contribution in [0.5, 0.6) is 5.75 Å². The van der Waals surface area contributed by atoms with Gasteiger partial charge in [0.25, 0.3) is 0 Å². The van der Waals surface area contributed by atoms with E-state index < -0.39 is 5.95 Å². The largest absolute Gasteiger partial charge is 0.490 e. The van der Waals surface area contributed by atoms with Gasteiger partial charge in [-0.15, -0.1) is 0 Å². The number of nitrogens with one attached hydrogen (secondary N) is 2. The third-order valence-electron chi connectivity index (χ3n) is 2.74. The number of rotatable bonds is 4. The van der Waals surface area contributed by atoms with Crippen LogP contribution in [-0.4, -0.2) is 30.1 Å². The maximum Gasteiger partial charge on any atom is 0.236 e. The summed E-state index contributed by atoms with van der Waals surface area (Å²) >= 11 is 0. The normalized spacial score (nSPS) is 18.7. The summed E-state index contributed by atoms with van der Waals surface area (Å²) in [7, 11) is 0. The number of carbonyl (C=O) groups excluding carboxylic acids is 1. The molecule has 0 spiro atoms. The molecule has 1 aliphatic heterocycles. The highest BCUT2D eigenvalue weighted by Crippen LogP contribution is 2.19. The minimum Gasteiger partial charge on any atom is -0.490 e. The standard InChI is InChI=1S/C12H16FN3O2/c1-8(17)16-11-5-10(6-15-12(11)13)18-7-9-3-2-4-14-9/h5-6,9,14H,2-4,7H2,1H3,(H,16,17)/t9-/m1/s1. The van der Waals surface area contributed by atoms with Crippen molar-refractivity contribution in [1.29, 1.82) is 0 Å². The number of ether oxygens (including phenoxy) is 1. The van der Waals surface area contributed by atoms with Crippen molar-refractivity contribution in [2.75, 3.05) is 18.5 Å². The molecule has 0 radical (unpaired) electrons. The van der Waals surface area contributed by atoms with Crippen LogP contribution < -0.4 is 15.4 Å². The van der Waals surface area contributed by atoms with Gasteiger partial charge in [0, 0.05) is 19.0 Å². The SMILES string of the molecule is CC(=O)Nc1cc(OC[C@H]2CCCN2)cnc1F. The number of nitrogens with zero attached hydrogens (tertiary/aromatic N) is 1. The van der Waals surface area contributed by atoms with Gasteiger partial charge >= 0.3 is 0 Å². The molecule has 1 aliphatic rings. The molecule has 1 aromatic rings. The third-order valence-corrected chi connectivity index (χ3v) is 2.74. The first-order chi connectivity index (χ1) is 8.65. The minimum atomic E-state index is -0.712. The van der Waals surface area contributed by atoms with Gasteiger partial charge in [-0.3, -0.25) is 4.79 Å². The third kappa shape index (κ3) is 3.40. The van der Waals surface area contributed by atoms with Gasteiger partial charge in [-0.05, 0) is 19.4 Å². The van der Waals surface area contributed by atoms with Gasteiger partial charge in [-0.2, -0.15) is 4.39 Å². The number of hydrogen-bond donors (Lipinski definition) is 2. The molecule has 6 heteroatoms. The zero-order chi connectivity index (χ0) is 13.0. The first kappa shape index (κ1) is 12.8. The summed E-state index contributed by atoms with van der Waals surface area (Å²) in [6, 6.07) is 1.78. The van der Waals surface area contributed by atoms with Crippen molar-refractivity contribution in [2.45, 2.75) is 25.8 Å². The van der Waals surface area contributed by atoms with Crippen LogP contribution in [0.15, 0.2) is 12.3 Å². The highest BCUT2D eigenvalue weighted by molar-refractivity contribution is 5.88. The van der Waals surface area contributed by atoms with Crippen LogP contribution in [0.4, 0.5) is 10.1 Å². The Morgan fingerprint density at radius 2 is 2.56 bits per heavy atom. The van der Waals surface area contributed by atoms with Gasteiger partial charge in [0.05, 0.1) is 6.20 Å². The van der Waals surface area contributed by atoms with E-state index >= 15 is 0 Å². The fraction of sp³-hybridized carbons (Fsp3) is 0.500. The lowest BCUT2D eigenvalue weighted by atomic mass is 10.2. The Kier molecular flexibility index (Phi) is 4.09. The first-order valence-corrected chi connectivity index (χ1v) is 5.94. The van der Waals surface area contributed by atoms with Crippen LogP contribution in [0, 0.1) is 5.95 Å². The number of pyridine rings is 1. The van der Waals surface area contributed by atoms with E-state index in [-0.39, 0.29) is 11.6 Å². The minimum absolute atomic E-state index is 0.0411. The summed E-state index contributed by atoms with van der Waals surface area (Å²) in [5.74, 6) is -0.601. The van der Waals surface area contributed by atoms with Crippen LogP contribution in [0.25, 0.3) is 0 Å². The molecule has 18 heavy (non-hydrogen) atoms. The number of aromatic nitrogens is 1. The summed E-state index contributed by atoms with van der Waals surface area (Å²) in [6.45, 7) is 2.84.